The zero-order valence-electron chi connectivity index (χ0n) is 17.1. The first-order valence-electron chi connectivity index (χ1n) is 9.12. The number of halogens is 3. The number of guanidine groups is 1. The Morgan fingerprint density at radius 3 is 2.33 bits per heavy atom. The zero-order chi connectivity index (χ0) is 21.7. The van der Waals surface area contributed by atoms with Crippen molar-refractivity contribution < 1.29 is 12.8 Å². The molecule has 0 fully saturated rings. The maximum absolute atomic E-state index is 13.3. The normalized spacial score (nSPS) is 12.3. The number of aliphatic imine (C=N–C) groups is 1. The number of rotatable bonds is 7. The number of hydrogen-bond acceptors (Lipinski definition) is 3. The second kappa shape index (κ2) is 11.3. The van der Waals surface area contributed by atoms with Crippen LogP contribution >= 0.6 is 35.6 Å². The fourth-order valence-corrected chi connectivity index (χ4v) is 3.67. The van der Waals surface area contributed by atoms with Gasteiger partial charge in [-0.1, -0.05) is 43.6 Å². The monoisotopic (exact) mass is 568 g/mol. The highest BCUT2D eigenvalue weighted by Crippen LogP contribution is 2.29. The summed E-state index contributed by atoms with van der Waals surface area (Å²) in [6.45, 7) is 7.53. The number of primary sulfonamides is 1. The van der Waals surface area contributed by atoms with E-state index in [1.165, 1.54) is 24.3 Å². The van der Waals surface area contributed by atoms with E-state index in [0.29, 0.717) is 30.6 Å². The van der Waals surface area contributed by atoms with Crippen LogP contribution in [0.3, 0.4) is 0 Å². The van der Waals surface area contributed by atoms with Crippen molar-refractivity contribution in [1.29, 1.82) is 0 Å². The molecule has 6 nitrogen and oxygen atoms in total. The van der Waals surface area contributed by atoms with Crippen molar-refractivity contribution in [2.45, 2.75) is 37.6 Å². The third-order valence-corrected chi connectivity index (χ3v) is 5.62. The highest BCUT2D eigenvalue weighted by Gasteiger charge is 2.24. The molecule has 166 valence electrons. The summed E-state index contributed by atoms with van der Waals surface area (Å²) in [7, 11) is -3.71. The van der Waals surface area contributed by atoms with Crippen LogP contribution in [0.25, 0.3) is 0 Å². The molecule has 4 N–H and O–H groups in total. The van der Waals surface area contributed by atoms with E-state index >= 15 is 0 Å². The summed E-state index contributed by atoms with van der Waals surface area (Å²) >= 11 is 6.21. The average molecular weight is 569 g/mol. The van der Waals surface area contributed by atoms with Gasteiger partial charge in [0.1, 0.15) is 5.82 Å². The molecule has 30 heavy (non-hydrogen) atoms. The molecule has 0 saturated carbocycles. The summed E-state index contributed by atoms with van der Waals surface area (Å²) in [6.07, 6.45) is 0. The highest BCUT2D eigenvalue weighted by atomic mass is 127. The van der Waals surface area contributed by atoms with Crippen LogP contribution in [-0.4, -0.2) is 27.5 Å². The molecule has 0 unspecified atom stereocenters. The lowest BCUT2D eigenvalue weighted by molar-refractivity contribution is 0.507. The van der Waals surface area contributed by atoms with Crippen LogP contribution in [0.15, 0.2) is 52.4 Å². The minimum absolute atomic E-state index is 0. The number of sulfonamides is 1. The summed E-state index contributed by atoms with van der Waals surface area (Å²) < 4.78 is 36.0. The molecule has 0 bridgehead atoms. The largest absolute Gasteiger partial charge is 0.357 e. The number of hydrogen-bond donors (Lipinski definition) is 3. The molecule has 2 rings (SSSR count). The van der Waals surface area contributed by atoms with E-state index in [2.05, 4.69) is 15.6 Å². The van der Waals surface area contributed by atoms with Gasteiger partial charge in [0.05, 0.1) is 11.4 Å². The van der Waals surface area contributed by atoms with E-state index in [1.807, 2.05) is 20.8 Å². The predicted molar refractivity (Wildman–Crippen MR) is 130 cm³/mol. The second-order valence-electron chi connectivity index (χ2n) is 7.25. The van der Waals surface area contributed by atoms with Crippen LogP contribution in [0.4, 0.5) is 4.39 Å². The van der Waals surface area contributed by atoms with Gasteiger partial charge in [0.15, 0.2) is 5.96 Å². The van der Waals surface area contributed by atoms with E-state index in [4.69, 9.17) is 16.7 Å². The summed E-state index contributed by atoms with van der Waals surface area (Å²) in [5.41, 5.74) is 1.32. The van der Waals surface area contributed by atoms with Crippen LogP contribution in [0.5, 0.6) is 0 Å². The average Bonchev–Trinajstić information content (AvgIpc) is 2.63. The highest BCUT2D eigenvalue weighted by molar-refractivity contribution is 14.0. The molecule has 0 radical (unpaired) electrons. The standard InChI is InChI=1S/C20H26ClFN4O2S.HI/c1-4-24-19(25-12-14-5-8-16(9-6-14)29(23,27)28)26-13-20(2,3)17-10-7-15(22)11-18(17)21;/h5-11H,4,12-13H2,1-3H3,(H2,23,27,28)(H2,24,25,26);1H. The minimum Gasteiger partial charge on any atom is -0.357 e. The molecule has 0 spiro atoms. The maximum atomic E-state index is 13.3. The SMILES string of the molecule is CCNC(=NCc1ccc(S(N)(=O)=O)cc1)NCC(C)(C)c1ccc(F)cc1Cl.I. The van der Waals surface area contributed by atoms with Crippen LogP contribution in [0.1, 0.15) is 31.9 Å². The fraction of sp³-hybridized carbons (Fsp3) is 0.350. The first kappa shape index (κ1) is 26.6. The Kier molecular flexibility index (Phi) is 9.99. The molecular formula is C20H27ClFIN4O2S. The van der Waals surface area contributed by atoms with E-state index in [9.17, 15) is 12.8 Å². The Morgan fingerprint density at radius 2 is 1.80 bits per heavy atom. The Bertz CT molecular complexity index is 983. The topological polar surface area (TPSA) is 96.6 Å². The molecule has 0 aromatic heterocycles. The van der Waals surface area contributed by atoms with E-state index < -0.39 is 10.0 Å². The number of nitrogens with zero attached hydrogens (tertiary/aromatic N) is 1. The van der Waals surface area contributed by atoms with Crippen LogP contribution in [0, 0.1) is 5.82 Å². The number of nitrogens with one attached hydrogen (secondary N) is 2. The van der Waals surface area contributed by atoms with Crippen molar-refractivity contribution >= 4 is 51.6 Å². The van der Waals surface area contributed by atoms with Crippen molar-refractivity contribution in [1.82, 2.24) is 10.6 Å². The Labute approximate surface area is 199 Å². The summed E-state index contributed by atoms with van der Waals surface area (Å²) in [5, 5.41) is 11.9. The lowest BCUT2D eigenvalue weighted by Crippen LogP contribution is -2.43. The molecule has 0 amide bonds. The lowest BCUT2D eigenvalue weighted by atomic mass is 9.84. The molecular weight excluding hydrogens is 542 g/mol. The van der Waals surface area contributed by atoms with Gasteiger partial charge >= 0.3 is 0 Å². The van der Waals surface area contributed by atoms with E-state index in [1.54, 1.807) is 18.2 Å². The summed E-state index contributed by atoms with van der Waals surface area (Å²) in [4.78, 5) is 4.59. The molecule has 2 aromatic carbocycles. The van der Waals surface area contributed by atoms with Gasteiger partial charge in [0.25, 0.3) is 0 Å². The van der Waals surface area contributed by atoms with Gasteiger partial charge in [-0.05, 0) is 42.3 Å². The summed E-state index contributed by atoms with van der Waals surface area (Å²) in [6, 6.07) is 10.7. The molecule has 0 aliphatic rings. The number of nitrogens with two attached hydrogens (primary N) is 1. The Morgan fingerprint density at radius 1 is 1.17 bits per heavy atom. The predicted octanol–water partition coefficient (Wildman–Crippen LogP) is 3.78. The van der Waals surface area contributed by atoms with Gasteiger partial charge < -0.3 is 10.6 Å². The van der Waals surface area contributed by atoms with Crippen molar-refractivity contribution in [3.05, 3.63) is 64.4 Å². The molecule has 0 aliphatic carbocycles. The maximum Gasteiger partial charge on any atom is 0.238 e. The zero-order valence-corrected chi connectivity index (χ0v) is 21.0. The molecule has 2 aromatic rings. The van der Waals surface area contributed by atoms with Crippen LogP contribution in [-0.2, 0) is 22.0 Å². The van der Waals surface area contributed by atoms with Gasteiger partial charge in [-0.15, -0.1) is 24.0 Å². The Hall–Kier alpha value is -1.43. The van der Waals surface area contributed by atoms with Crippen molar-refractivity contribution in [2.75, 3.05) is 13.1 Å². The molecule has 0 heterocycles. The smallest absolute Gasteiger partial charge is 0.238 e. The quantitative estimate of drug-likeness (QED) is 0.269. The number of benzene rings is 2. The van der Waals surface area contributed by atoms with Crippen molar-refractivity contribution in [3.8, 4) is 0 Å². The molecule has 0 aliphatic heterocycles. The van der Waals surface area contributed by atoms with Crippen molar-refractivity contribution in [3.63, 3.8) is 0 Å². The molecule has 10 heteroatoms. The third kappa shape index (κ3) is 7.68. The lowest BCUT2D eigenvalue weighted by Gasteiger charge is -2.27. The van der Waals surface area contributed by atoms with Gasteiger partial charge in [0.2, 0.25) is 10.0 Å². The first-order valence-corrected chi connectivity index (χ1v) is 11.0. The van der Waals surface area contributed by atoms with E-state index in [0.717, 1.165) is 11.1 Å². The van der Waals surface area contributed by atoms with Gasteiger partial charge in [0, 0.05) is 23.5 Å². The minimum atomic E-state index is -3.71. The van der Waals surface area contributed by atoms with Crippen molar-refractivity contribution in [2.24, 2.45) is 10.1 Å². The Balaban J connectivity index is 0.00000450. The second-order valence-corrected chi connectivity index (χ2v) is 9.21. The van der Waals surface area contributed by atoms with Crippen LogP contribution in [0.2, 0.25) is 5.02 Å². The van der Waals surface area contributed by atoms with Gasteiger partial charge in [-0.3, -0.25) is 0 Å². The third-order valence-electron chi connectivity index (χ3n) is 4.37. The fourth-order valence-electron chi connectivity index (χ4n) is 2.73. The molecule has 0 atom stereocenters. The first-order chi connectivity index (χ1) is 13.5. The van der Waals surface area contributed by atoms with Gasteiger partial charge in [-0.25, -0.2) is 22.9 Å². The molecule has 0 saturated heterocycles. The van der Waals surface area contributed by atoms with E-state index in [-0.39, 0.29) is 40.1 Å². The summed E-state index contributed by atoms with van der Waals surface area (Å²) in [5.74, 6) is 0.236. The van der Waals surface area contributed by atoms with Crippen LogP contribution < -0.4 is 15.8 Å². The van der Waals surface area contributed by atoms with Gasteiger partial charge in [-0.2, -0.15) is 0 Å².